The summed E-state index contributed by atoms with van der Waals surface area (Å²) in [4.78, 5) is 12.2. The standard InChI is InChI=1S/C27H46O3/c1-9-20(2)14-12-10-11-13-17-30-24(28)16-15-21-18-22(26(3,4)5)25(29)23(19-21)27(6,7)8/h18-20,29H,9-17H2,1-8H3. The molecule has 0 spiro atoms. The van der Waals surface area contributed by atoms with E-state index >= 15 is 0 Å². The van der Waals surface area contributed by atoms with Gasteiger partial charge >= 0.3 is 5.97 Å². The van der Waals surface area contributed by atoms with E-state index in [2.05, 4.69) is 67.5 Å². The van der Waals surface area contributed by atoms with Crippen LogP contribution in [0.3, 0.4) is 0 Å². The zero-order valence-corrected chi connectivity index (χ0v) is 20.9. The molecule has 3 nitrogen and oxygen atoms in total. The molecule has 0 saturated heterocycles. The quantitative estimate of drug-likeness (QED) is 0.300. The summed E-state index contributed by atoms with van der Waals surface area (Å²) < 4.78 is 5.44. The SMILES string of the molecule is CCC(C)CCCCCCOC(=O)CCc1cc(C(C)(C)C)c(O)c(C(C)(C)C)c1. The molecule has 30 heavy (non-hydrogen) atoms. The molecule has 0 aromatic heterocycles. The average molecular weight is 419 g/mol. The molecule has 1 aromatic rings. The number of hydrogen-bond acceptors (Lipinski definition) is 3. The fraction of sp³-hybridized carbons (Fsp3) is 0.741. The zero-order valence-electron chi connectivity index (χ0n) is 20.9. The number of carbonyl (C=O) groups excluding carboxylic acids is 1. The van der Waals surface area contributed by atoms with Crippen LogP contribution in [0.4, 0.5) is 0 Å². The Morgan fingerprint density at radius 1 is 0.967 bits per heavy atom. The molecule has 3 heteroatoms. The van der Waals surface area contributed by atoms with Gasteiger partial charge in [-0.3, -0.25) is 4.79 Å². The van der Waals surface area contributed by atoms with Gasteiger partial charge in [-0.2, -0.15) is 0 Å². The summed E-state index contributed by atoms with van der Waals surface area (Å²) in [5.74, 6) is 1.08. The molecule has 0 aliphatic rings. The summed E-state index contributed by atoms with van der Waals surface area (Å²) in [6, 6.07) is 4.10. The van der Waals surface area contributed by atoms with Crippen LogP contribution < -0.4 is 0 Å². The van der Waals surface area contributed by atoms with Gasteiger partial charge in [0.2, 0.25) is 0 Å². The molecule has 0 bridgehead atoms. The molecule has 1 N–H and O–H groups in total. The summed E-state index contributed by atoms with van der Waals surface area (Å²) in [6.45, 7) is 17.7. The number of hydrogen-bond donors (Lipinski definition) is 1. The van der Waals surface area contributed by atoms with Crippen LogP contribution >= 0.6 is 0 Å². The van der Waals surface area contributed by atoms with Gasteiger partial charge in [0.15, 0.2) is 0 Å². The van der Waals surface area contributed by atoms with Crippen molar-refractivity contribution in [2.45, 2.75) is 118 Å². The molecule has 1 aromatic carbocycles. The third-order valence-electron chi connectivity index (χ3n) is 5.95. The number of rotatable bonds is 11. The Morgan fingerprint density at radius 3 is 2.00 bits per heavy atom. The average Bonchev–Trinajstić information content (AvgIpc) is 2.64. The molecule has 1 unspecified atom stereocenters. The first-order chi connectivity index (χ1) is 13.9. The predicted octanol–water partition coefficient (Wildman–Crippen LogP) is 7.46. The second-order valence-corrected chi connectivity index (χ2v) is 11.0. The van der Waals surface area contributed by atoms with Crippen LogP contribution in [0.15, 0.2) is 12.1 Å². The van der Waals surface area contributed by atoms with Gasteiger partial charge in [0.25, 0.3) is 0 Å². The van der Waals surface area contributed by atoms with E-state index in [-0.39, 0.29) is 16.8 Å². The minimum absolute atomic E-state index is 0.128. The first-order valence-electron chi connectivity index (χ1n) is 11.9. The minimum atomic E-state index is -0.157. The summed E-state index contributed by atoms with van der Waals surface area (Å²) in [6.07, 6.45) is 8.16. The lowest BCUT2D eigenvalue weighted by Crippen LogP contribution is -2.18. The maximum absolute atomic E-state index is 12.2. The van der Waals surface area contributed by atoms with Crippen molar-refractivity contribution in [2.75, 3.05) is 6.61 Å². The Labute approximate surface area is 185 Å². The highest BCUT2D eigenvalue weighted by atomic mass is 16.5. The smallest absolute Gasteiger partial charge is 0.306 e. The summed E-state index contributed by atoms with van der Waals surface area (Å²) in [5, 5.41) is 10.8. The molecule has 0 heterocycles. The first-order valence-corrected chi connectivity index (χ1v) is 11.9. The Kier molecular flexibility index (Phi) is 10.4. The van der Waals surface area contributed by atoms with Crippen molar-refractivity contribution in [2.24, 2.45) is 5.92 Å². The molecule has 0 radical (unpaired) electrons. The third-order valence-corrected chi connectivity index (χ3v) is 5.95. The van der Waals surface area contributed by atoms with E-state index in [9.17, 15) is 9.90 Å². The van der Waals surface area contributed by atoms with Gasteiger partial charge in [-0.25, -0.2) is 0 Å². The van der Waals surface area contributed by atoms with Crippen LogP contribution in [0, 0.1) is 5.92 Å². The van der Waals surface area contributed by atoms with Crippen LogP contribution in [-0.4, -0.2) is 17.7 Å². The Balaban J connectivity index is 2.54. The van der Waals surface area contributed by atoms with Gasteiger partial charge in [-0.05, 0) is 46.3 Å². The fourth-order valence-corrected chi connectivity index (χ4v) is 3.64. The number of phenolic OH excluding ortho intramolecular Hbond substituents is 1. The summed E-state index contributed by atoms with van der Waals surface area (Å²) in [7, 11) is 0. The van der Waals surface area contributed by atoms with Crippen molar-refractivity contribution >= 4 is 5.97 Å². The second-order valence-electron chi connectivity index (χ2n) is 11.0. The van der Waals surface area contributed by atoms with Crippen molar-refractivity contribution in [3.63, 3.8) is 0 Å². The lowest BCUT2D eigenvalue weighted by atomic mass is 9.78. The predicted molar refractivity (Wildman–Crippen MR) is 127 cm³/mol. The van der Waals surface area contributed by atoms with E-state index < -0.39 is 0 Å². The van der Waals surface area contributed by atoms with E-state index in [1.807, 2.05) is 0 Å². The zero-order chi connectivity index (χ0) is 22.9. The highest BCUT2D eigenvalue weighted by Crippen LogP contribution is 2.40. The highest BCUT2D eigenvalue weighted by molar-refractivity contribution is 5.69. The van der Waals surface area contributed by atoms with E-state index in [4.69, 9.17) is 4.74 Å². The van der Waals surface area contributed by atoms with Crippen molar-refractivity contribution in [3.05, 3.63) is 28.8 Å². The van der Waals surface area contributed by atoms with Crippen molar-refractivity contribution in [1.29, 1.82) is 0 Å². The minimum Gasteiger partial charge on any atom is -0.507 e. The Morgan fingerprint density at radius 2 is 1.50 bits per heavy atom. The first kappa shape index (κ1) is 26.5. The van der Waals surface area contributed by atoms with Gasteiger partial charge < -0.3 is 9.84 Å². The third kappa shape index (κ3) is 9.10. The summed E-state index contributed by atoms with van der Waals surface area (Å²) in [5.41, 5.74) is 2.65. The number of unbranched alkanes of at least 4 members (excludes halogenated alkanes) is 3. The number of phenols is 1. The number of esters is 1. The Hall–Kier alpha value is -1.51. The maximum atomic E-state index is 12.2. The van der Waals surface area contributed by atoms with Crippen molar-refractivity contribution in [1.82, 2.24) is 0 Å². The number of benzene rings is 1. The molecule has 0 aliphatic heterocycles. The van der Waals surface area contributed by atoms with Gasteiger partial charge in [-0.15, -0.1) is 0 Å². The topological polar surface area (TPSA) is 46.5 Å². The van der Waals surface area contributed by atoms with Crippen LogP contribution in [0.2, 0.25) is 0 Å². The maximum Gasteiger partial charge on any atom is 0.306 e. The van der Waals surface area contributed by atoms with Crippen LogP contribution in [0.1, 0.15) is 117 Å². The van der Waals surface area contributed by atoms with E-state index in [0.29, 0.717) is 25.2 Å². The van der Waals surface area contributed by atoms with Gasteiger partial charge in [0.05, 0.1) is 6.61 Å². The lowest BCUT2D eigenvalue weighted by molar-refractivity contribution is -0.143. The van der Waals surface area contributed by atoms with Crippen molar-refractivity contribution in [3.8, 4) is 5.75 Å². The van der Waals surface area contributed by atoms with E-state index in [1.165, 1.54) is 25.7 Å². The normalized spacial score (nSPS) is 13.3. The van der Waals surface area contributed by atoms with Crippen LogP contribution in [-0.2, 0) is 26.8 Å². The van der Waals surface area contributed by atoms with Gasteiger partial charge in [-0.1, -0.05) is 99.6 Å². The van der Waals surface area contributed by atoms with Gasteiger partial charge in [0.1, 0.15) is 5.75 Å². The molecular weight excluding hydrogens is 372 g/mol. The molecule has 1 rings (SSSR count). The number of aromatic hydroxyl groups is 1. The van der Waals surface area contributed by atoms with Crippen molar-refractivity contribution < 1.29 is 14.6 Å². The fourth-order valence-electron chi connectivity index (χ4n) is 3.64. The number of ether oxygens (including phenoxy) is 1. The molecule has 0 amide bonds. The van der Waals surface area contributed by atoms with Gasteiger partial charge in [0, 0.05) is 6.42 Å². The largest absolute Gasteiger partial charge is 0.507 e. The summed E-state index contributed by atoms with van der Waals surface area (Å²) >= 11 is 0. The highest BCUT2D eigenvalue weighted by Gasteiger charge is 2.26. The lowest BCUT2D eigenvalue weighted by Gasteiger charge is -2.28. The molecule has 172 valence electrons. The second kappa shape index (κ2) is 11.8. The van der Waals surface area contributed by atoms with Crippen LogP contribution in [0.5, 0.6) is 5.75 Å². The molecule has 0 aliphatic carbocycles. The van der Waals surface area contributed by atoms with E-state index in [1.54, 1.807) is 0 Å². The van der Waals surface area contributed by atoms with Crippen LogP contribution in [0.25, 0.3) is 0 Å². The Bertz CT molecular complexity index is 627. The monoisotopic (exact) mass is 418 g/mol. The molecule has 0 fully saturated rings. The molecule has 1 atom stereocenters. The number of carbonyl (C=O) groups is 1. The molecule has 0 saturated carbocycles. The molecular formula is C27H46O3. The number of aryl methyl sites for hydroxylation is 1. The van der Waals surface area contributed by atoms with E-state index in [0.717, 1.165) is 35.4 Å².